The third-order valence-corrected chi connectivity index (χ3v) is 4.01. The van der Waals surface area contributed by atoms with E-state index in [9.17, 15) is 9.59 Å². The first kappa shape index (κ1) is 17.9. The van der Waals surface area contributed by atoms with Gasteiger partial charge >= 0.3 is 0 Å². The van der Waals surface area contributed by atoms with Crippen molar-refractivity contribution in [1.82, 2.24) is 15.1 Å². The van der Waals surface area contributed by atoms with Gasteiger partial charge < -0.3 is 16.0 Å². The van der Waals surface area contributed by atoms with Crippen molar-refractivity contribution in [1.29, 1.82) is 0 Å². The van der Waals surface area contributed by atoms with E-state index in [0.717, 1.165) is 25.9 Å². The summed E-state index contributed by atoms with van der Waals surface area (Å²) in [7, 11) is 3.53. The zero-order valence-corrected chi connectivity index (χ0v) is 14.0. The smallest absolute Gasteiger partial charge is 0.237 e. The fourth-order valence-electron chi connectivity index (χ4n) is 2.25. The third-order valence-electron chi connectivity index (χ3n) is 4.01. The minimum absolute atomic E-state index is 0.0784. The van der Waals surface area contributed by atoms with E-state index in [2.05, 4.69) is 10.2 Å². The molecule has 0 saturated carbocycles. The van der Waals surface area contributed by atoms with Gasteiger partial charge in [0.25, 0.3) is 0 Å². The minimum atomic E-state index is -0.495. The Bertz CT molecular complexity index is 368. The normalized spacial score (nSPS) is 19.1. The molecule has 3 N–H and O–H groups in total. The first-order chi connectivity index (χ1) is 9.61. The highest BCUT2D eigenvalue weighted by molar-refractivity contribution is 5.82. The zero-order valence-electron chi connectivity index (χ0n) is 14.0. The van der Waals surface area contributed by atoms with Crippen molar-refractivity contribution in [2.75, 3.05) is 33.7 Å². The van der Waals surface area contributed by atoms with Crippen LogP contribution in [0, 0.1) is 5.41 Å². The average molecular weight is 298 g/mol. The molecule has 0 bridgehead atoms. The van der Waals surface area contributed by atoms with Crippen LogP contribution < -0.4 is 11.1 Å². The standard InChI is InChI=1S/C15H30N4O2/c1-15(2,3)13(16)14(21)17-11-6-8-19(9-7-11)10-12(20)18(4)5/h11,13H,6-10,16H2,1-5H3,(H,17,21)/t13-/m1/s1. The lowest BCUT2D eigenvalue weighted by atomic mass is 9.86. The van der Waals surface area contributed by atoms with Crippen LogP contribution >= 0.6 is 0 Å². The van der Waals surface area contributed by atoms with E-state index < -0.39 is 6.04 Å². The number of likely N-dealkylation sites (N-methyl/N-ethyl adjacent to an activating group) is 1. The van der Waals surface area contributed by atoms with Crippen LogP contribution in [0.5, 0.6) is 0 Å². The van der Waals surface area contributed by atoms with Crippen molar-refractivity contribution < 1.29 is 9.59 Å². The van der Waals surface area contributed by atoms with Crippen molar-refractivity contribution in [3.63, 3.8) is 0 Å². The Hall–Kier alpha value is -1.14. The fraction of sp³-hybridized carbons (Fsp3) is 0.867. The highest BCUT2D eigenvalue weighted by Gasteiger charge is 2.30. The molecule has 6 heteroatoms. The summed E-state index contributed by atoms with van der Waals surface area (Å²) >= 11 is 0. The molecule has 1 rings (SSSR count). The van der Waals surface area contributed by atoms with Gasteiger partial charge in [0.2, 0.25) is 11.8 Å². The number of hydrogen-bond donors (Lipinski definition) is 2. The zero-order chi connectivity index (χ0) is 16.2. The number of nitrogens with one attached hydrogen (secondary N) is 1. The predicted molar refractivity (Wildman–Crippen MR) is 83.7 cm³/mol. The van der Waals surface area contributed by atoms with Crippen LogP contribution in [-0.4, -0.2) is 67.4 Å². The molecule has 0 aromatic rings. The second-order valence-electron chi connectivity index (χ2n) is 7.19. The highest BCUT2D eigenvalue weighted by atomic mass is 16.2. The Morgan fingerprint density at radius 3 is 2.24 bits per heavy atom. The number of nitrogens with zero attached hydrogens (tertiary/aromatic N) is 2. The van der Waals surface area contributed by atoms with Crippen LogP contribution in [-0.2, 0) is 9.59 Å². The molecule has 1 aliphatic rings. The maximum absolute atomic E-state index is 12.1. The van der Waals surface area contributed by atoms with Crippen molar-refractivity contribution >= 4 is 11.8 Å². The molecule has 1 saturated heterocycles. The Labute approximate surface area is 128 Å². The third kappa shape index (κ3) is 5.63. The van der Waals surface area contributed by atoms with Gasteiger partial charge in [-0.1, -0.05) is 20.8 Å². The van der Waals surface area contributed by atoms with Crippen LogP contribution in [0.3, 0.4) is 0 Å². The Kier molecular flexibility index (Phi) is 6.16. The summed E-state index contributed by atoms with van der Waals surface area (Å²) in [6.45, 7) is 8.01. The first-order valence-electron chi connectivity index (χ1n) is 7.59. The summed E-state index contributed by atoms with van der Waals surface area (Å²) in [4.78, 5) is 27.5. The van der Waals surface area contributed by atoms with Gasteiger partial charge in [0.1, 0.15) is 0 Å². The van der Waals surface area contributed by atoms with Crippen LogP contribution in [0.4, 0.5) is 0 Å². The van der Waals surface area contributed by atoms with Gasteiger partial charge in [-0.3, -0.25) is 14.5 Å². The summed E-state index contributed by atoms with van der Waals surface area (Å²) in [6.07, 6.45) is 1.73. The molecule has 0 radical (unpaired) electrons. The topological polar surface area (TPSA) is 78.7 Å². The van der Waals surface area contributed by atoms with Crippen LogP contribution in [0.15, 0.2) is 0 Å². The number of piperidine rings is 1. The van der Waals surface area contributed by atoms with Crippen molar-refractivity contribution in [3.05, 3.63) is 0 Å². The van der Waals surface area contributed by atoms with E-state index in [1.165, 1.54) is 0 Å². The highest BCUT2D eigenvalue weighted by Crippen LogP contribution is 2.18. The molecule has 0 aromatic heterocycles. The van der Waals surface area contributed by atoms with Gasteiger partial charge in [-0.2, -0.15) is 0 Å². The average Bonchev–Trinajstić information content (AvgIpc) is 2.38. The molecule has 1 atom stereocenters. The van der Waals surface area contributed by atoms with Gasteiger partial charge in [-0.15, -0.1) is 0 Å². The second-order valence-corrected chi connectivity index (χ2v) is 7.19. The summed E-state index contributed by atoms with van der Waals surface area (Å²) in [5.41, 5.74) is 5.73. The quantitative estimate of drug-likeness (QED) is 0.767. The summed E-state index contributed by atoms with van der Waals surface area (Å²) in [5, 5.41) is 3.04. The molecule has 6 nitrogen and oxygen atoms in total. The van der Waals surface area contributed by atoms with E-state index in [1.54, 1.807) is 19.0 Å². The largest absolute Gasteiger partial charge is 0.352 e. The molecule has 1 fully saturated rings. The number of nitrogens with two attached hydrogens (primary N) is 1. The number of likely N-dealkylation sites (tertiary alicyclic amines) is 1. The lowest BCUT2D eigenvalue weighted by Gasteiger charge is -2.34. The maximum atomic E-state index is 12.1. The SMILES string of the molecule is CN(C)C(=O)CN1CCC(NC(=O)[C@@H](N)C(C)(C)C)CC1. The van der Waals surface area contributed by atoms with Crippen molar-refractivity contribution in [2.45, 2.75) is 45.7 Å². The van der Waals surface area contributed by atoms with Gasteiger partial charge in [0.15, 0.2) is 0 Å². The molecular weight excluding hydrogens is 268 g/mol. The first-order valence-corrected chi connectivity index (χ1v) is 7.59. The summed E-state index contributed by atoms with van der Waals surface area (Å²) < 4.78 is 0. The fourth-order valence-corrected chi connectivity index (χ4v) is 2.25. The summed E-state index contributed by atoms with van der Waals surface area (Å²) in [5.74, 6) is 0.0394. The summed E-state index contributed by atoms with van der Waals surface area (Å²) in [6, 6.07) is -0.331. The van der Waals surface area contributed by atoms with Crippen LogP contribution in [0.1, 0.15) is 33.6 Å². The van der Waals surface area contributed by atoms with E-state index in [1.807, 2.05) is 20.8 Å². The number of hydrogen-bond acceptors (Lipinski definition) is 4. The molecular formula is C15H30N4O2. The minimum Gasteiger partial charge on any atom is -0.352 e. The molecule has 0 aromatic carbocycles. The van der Waals surface area contributed by atoms with Gasteiger partial charge in [0, 0.05) is 33.2 Å². The predicted octanol–water partition coefficient (Wildman–Crippen LogP) is 0.0286. The van der Waals surface area contributed by atoms with Crippen molar-refractivity contribution in [3.8, 4) is 0 Å². The van der Waals surface area contributed by atoms with Crippen LogP contribution in [0.2, 0.25) is 0 Å². The number of amides is 2. The lowest BCUT2D eigenvalue weighted by molar-refractivity contribution is -0.130. The Morgan fingerprint density at radius 2 is 1.81 bits per heavy atom. The molecule has 0 aliphatic carbocycles. The number of carbonyl (C=O) groups is 2. The van der Waals surface area contributed by atoms with E-state index >= 15 is 0 Å². The molecule has 0 spiro atoms. The Morgan fingerprint density at radius 1 is 1.29 bits per heavy atom. The van der Waals surface area contributed by atoms with Gasteiger partial charge in [-0.25, -0.2) is 0 Å². The molecule has 1 heterocycles. The number of rotatable bonds is 4. The van der Waals surface area contributed by atoms with Crippen LogP contribution in [0.25, 0.3) is 0 Å². The second kappa shape index (κ2) is 7.22. The molecule has 122 valence electrons. The van der Waals surface area contributed by atoms with Gasteiger partial charge in [0.05, 0.1) is 12.6 Å². The molecule has 1 aliphatic heterocycles. The number of carbonyl (C=O) groups excluding carboxylic acids is 2. The molecule has 21 heavy (non-hydrogen) atoms. The monoisotopic (exact) mass is 298 g/mol. The lowest BCUT2D eigenvalue weighted by Crippen LogP contribution is -2.54. The Balaban J connectivity index is 2.37. The van der Waals surface area contributed by atoms with E-state index in [-0.39, 0.29) is 23.3 Å². The van der Waals surface area contributed by atoms with Gasteiger partial charge in [-0.05, 0) is 18.3 Å². The maximum Gasteiger partial charge on any atom is 0.237 e. The van der Waals surface area contributed by atoms with E-state index in [4.69, 9.17) is 5.73 Å². The molecule has 2 amide bonds. The molecule has 0 unspecified atom stereocenters. The van der Waals surface area contributed by atoms with Crippen molar-refractivity contribution in [2.24, 2.45) is 11.1 Å². The van der Waals surface area contributed by atoms with E-state index in [0.29, 0.717) is 6.54 Å².